The summed E-state index contributed by atoms with van der Waals surface area (Å²) in [5.41, 5.74) is 1.63. The number of halogens is 1. The molecule has 2 heterocycles. The van der Waals surface area contributed by atoms with Gasteiger partial charge in [0, 0.05) is 0 Å². The Kier molecular flexibility index (Phi) is 10.5. The number of ether oxygens (including phenoxy) is 6. The van der Waals surface area contributed by atoms with E-state index >= 15 is 0 Å². The number of aromatic nitrogens is 1. The minimum absolute atomic E-state index is 0.148. The summed E-state index contributed by atoms with van der Waals surface area (Å²) in [5, 5.41) is 0. The first kappa shape index (κ1) is 32.1. The highest BCUT2D eigenvalue weighted by molar-refractivity contribution is 14.1. The largest absolute Gasteiger partial charge is 0.493 e. The third kappa shape index (κ3) is 6.72. The van der Waals surface area contributed by atoms with Gasteiger partial charge in [-0.15, -0.1) is 0 Å². The summed E-state index contributed by atoms with van der Waals surface area (Å²) in [6.07, 6.45) is 1.75. The Labute approximate surface area is 265 Å². The van der Waals surface area contributed by atoms with Crippen molar-refractivity contribution in [3.8, 4) is 23.0 Å². The van der Waals surface area contributed by atoms with Crippen LogP contribution in [0, 0.1) is 3.57 Å². The quantitative estimate of drug-likeness (QED) is 0.217. The lowest BCUT2D eigenvalue weighted by Crippen LogP contribution is -2.40. The number of fused-ring (bicyclic) bond motifs is 1. The normalized spacial score (nSPS) is 14.5. The second-order valence-corrected chi connectivity index (χ2v) is 11.2. The molecule has 0 N–H and O–H groups in total. The molecule has 0 fully saturated rings. The third-order valence-corrected chi connectivity index (χ3v) is 8.21. The van der Waals surface area contributed by atoms with Crippen molar-refractivity contribution in [2.75, 3.05) is 41.2 Å². The molecule has 0 bridgehead atoms. The topological polar surface area (TPSA) is 124 Å². The summed E-state index contributed by atoms with van der Waals surface area (Å²) in [7, 11) is 4.38. The predicted molar refractivity (Wildman–Crippen MR) is 168 cm³/mol. The van der Waals surface area contributed by atoms with E-state index in [9.17, 15) is 14.4 Å². The molecule has 1 atom stereocenters. The molecule has 1 aliphatic rings. The number of methoxy groups -OCH3 is 3. The molecule has 4 rings (SSSR count). The third-order valence-electron chi connectivity index (χ3n) is 6.43. The van der Waals surface area contributed by atoms with E-state index in [0.717, 1.165) is 9.13 Å². The summed E-state index contributed by atoms with van der Waals surface area (Å²) in [6, 6.07) is 7.83. The molecule has 228 valence electrons. The zero-order valence-electron chi connectivity index (χ0n) is 24.5. The van der Waals surface area contributed by atoms with Crippen LogP contribution in [0.3, 0.4) is 0 Å². The molecule has 0 saturated carbocycles. The van der Waals surface area contributed by atoms with Crippen molar-refractivity contribution >= 4 is 51.9 Å². The smallest absolute Gasteiger partial charge is 0.343 e. The summed E-state index contributed by atoms with van der Waals surface area (Å²) in [4.78, 5) is 44.0. The average Bonchev–Trinajstić information content (AvgIpc) is 3.29. The van der Waals surface area contributed by atoms with Gasteiger partial charge in [-0.1, -0.05) is 17.4 Å². The lowest BCUT2D eigenvalue weighted by Gasteiger charge is -2.25. The van der Waals surface area contributed by atoms with Crippen LogP contribution in [0.4, 0.5) is 0 Å². The van der Waals surface area contributed by atoms with Gasteiger partial charge in [-0.05, 0) is 84.8 Å². The van der Waals surface area contributed by atoms with E-state index in [4.69, 9.17) is 23.7 Å². The number of hydrogen-bond acceptors (Lipinski definition) is 11. The van der Waals surface area contributed by atoms with E-state index in [2.05, 4.69) is 32.3 Å². The van der Waals surface area contributed by atoms with Crippen LogP contribution in [0.15, 0.2) is 51.4 Å². The molecule has 43 heavy (non-hydrogen) atoms. The van der Waals surface area contributed by atoms with Gasteiger partial charge in [0.25, 0.3) is 5.56 Å². The van der Waals surface area contributed by atoms with Crippen LogP contribution in [0.25, 0.3) is 6.08 Å². The van der Waals surface area contributed by atoms with Gasteiger partial charge in [0.15, 0.2) is 34.4 Å². The number of carbonyl (C=O) groups excluding carboxylic acids is 2. The minimum atomic E-state index is -0.864. The first-order chi connectivity index (χ1) is 20.7. The van der Waals surface area contributed by atoms with Gasteiger partial charge in [-0.3, -0.25) is 9.36 Å². The zero-order chi connectivity index (χ0) is 31.3. The van der Waals surface area contributed by atoms with Crippen LogP contribution in [-0.4, -0.2) is 57.7 Å². The van der Waals surface area contributed by atoms with Gasteiger partial charge in [-0.2, -0.15) is 0 Å². The Morgan fingerprint density at radius 2 is 1.79 bits per heavy atom. The fourth-order valence-electron chi connectivity index (χ4n) is 4.56. The van der Waals surface area contributed by atoms with Crippen molar-refractivity contribution in [1.82, 2.24) is 4.57 Å². The van der Waals surface area contributed by atoms with Crippen LogP contribution >= 0.6 is 33.9 Å². The van der Waals surface area contributed by atoms with Gasteiger partial charge in [0.2, 0.25) is 0 Å². The number of esters is 2. The Bertz CT molecular complexity index is 1760. The van der Waals surface area contributed by atoms with Crippen LogP contribution in [0.5, 0.6) is 23.0 Å². The van der Waals surface area contributed by atoms with Gasteiger partial charge in [-0.25, -0.2) is 14.6 Å². The molecule has 11 nitrogen and oxygen atoms in total. The molecule has 0 saturated heterocycles. The minimum Gasteiger partial charge on any atom is -0.493 e. The molecule has 0 amide bonds. The zero-order valence-corrected chi connectivity index (χ0v) is 27.5. The van der Waals surface area contributed by atoms with Crippen molar-refractivity contribution in [3.05, 3.63) is 76.0 Å². The second-order valence-electron chi connectivity index (χ2n) is 9.04. The molecular weight excluding hydrogens is 691 g/mol. The summed E-state index contributed by atoms with van der Waals surface area (Å²) >= 11 is 3.36. The Morgan fingerprint density at radius 1 is 1.02 bits per heavy atom. The maximum atomic E-state index is 14.0. The molecule has 0 unspecified atom stereocenters. The average molecular weight is 723 g/mol. The predicted octanol–water partition coefficient (Wildman–Crippen LogP) is 3.37. The molecule has 0 spiro atoms. The lowest BCUT2D eigenvalue weighted by atomic mass is 9.95. The van der Waals surface area contributed by atoms with Crippen LogP contribution < -0.4 is 33.8 Å². The van der Waals surface area contributed by atoms with Crippen LogP contribution in [0.2, 0.25) is 0 Å². The molecule has 1 aromatic heterocycles. The van der Waals surface area contributed by atoms with Crippen molar-refractivity contribution in [1.29, 1.82) is 0 Å². The number of allylic oxidation sites excluding steroid dienone is 1. The highest BCUT2D eigenvalue weighted by atomic mass is 127. The van der Waals surface area contributed by atoms with Crippen molar-refractivity contribution < 1.29 is 38.0 Å². The molecule has 1 aliphatic heterocycles. The van der Waals surface area contributed by atoms with Crippen molar-refractivity contribution in [2.45, 2.75) is 26.8 Å². The van der Waals surface area contributed by atoms with E-state index in [1.165, 1.54) is 23.0 Å². The monoisotopic (exact) mass is 722 g/mol. The number of benzene rings is 2. The molecule has 0 aliphatic carbocycles. The Balaban J connectivity index is 1.91. The second kappa shape index (κ2) is 14.1. The number of nitrogens with zero attached hydrogens (tertiary/aromatic N) is 2. The Hall–Kier alpha value is -3.85. The van der Waals surface area contributed by atoms with Gasteiger partial charge in [0.1, 0.15) is 0 Å². The van der Waals surface area contributed by atoms with Gasteiger partial charge in [0.05, 0.1) is 60.0 Å². The van der Waals surface area contributed by atoms with Gasteiger partial charge >= 0.3 is 11.9 Å². The number of hydrogen-bond donors (Lipinski definition) is 0. The molecule has 13 heteroatoms. The van der Waals surface area contributed by atoms with E-state index < -0.39 is 18.0 Å². The summed E-state index contributed by atoms with van der Waals surface area (Å²) in [6.45, 7) is 5.38. The standard InChI is InChI=1S/C30H31IN2O9S/c1-7-40-21-14-18(9-10-20(21)42-15-24(34)38-5)26-25(29(36)41-8-2)16(3)32-30-33(26)28(35)23(43-30)13-17-11-19(31)27(39-6)22(12-17)37-4/h9-14,26H,7-8,15H2,1-6H3/b23-13-/t26-/m0/s1. The highest BCUT2D eigenvalue weighted by Gasteiger charge is 2.34. The van der Waals surface area contributed by atoms with E-state index in [0.29, 0.717) is 50.2 Å². The fourth-order valence-corrected chi connectivity index (χ4v) is 6.45. The van der Waals surface area contributed by atoms with E-state index in [-0.39, 0.29) is 24.3 Å². The maximum Gasteiger partial charge on any atom is 0.343 e. The molecular formula is C30H31IN2O9S. The van der Waals surface area contributed by atoms with Crippen molar-refractivity contribution in [2.24, 2.45) is 4.99 Å². The number of carbonyl (C=O) groups is 2. The summed E-state index contributed by atoms with van der Waals surface area (Å²) in [5.74, 6) is 0.645. The lowest BCUT2D eigenvalue weighted by molar-refractivity contribution is -0.143. The van der Waals surface area contributed by atoms with Gasteiger partial charge < -0.3 is 28.4 Å². The first-order valence-corrected chi connectivity index (χ1v) is 15.1. The van der Waals surface area contributed by atoms with E-state index in [1.54, 1.807) is 58.4 Å². The van der Waals surface area contributed by atoms with Crippen molar-refractivity contribution in [3.63, 3.8) is 0 Å². The fraction of sp³-hybridized carbons (Fsp3) is 0.333. The van der Waals surface area contributed by atoms with Crippen LogP contribution in [-0.2, 0) is 19.1 Å². The van der Waals surface area contributed by atoms with E-state index in [1.807, 2.05) is 13.0 Å². The highest BCUT2D eigenvalue weighted by Crippen LogP contribution is 2.37. The van der Waals surface area contributed by atoms with Crippen LogP contribution in [0.1, 0.15) is 37.9 Å². The first-order valence-electron chi connectivity index (χ1n) is 13.2. The number of thiazole rings is 1. The molecule has 3 aromatic rings. The molecule has 2 aromatic carbocycles. The number of rotatable bonds is 11. The maximum absolute atomic E-state index is 14.0. The molecule has 0 radical (unpaired) electrons. The summed E-state index contributed by atoms with van der Waals surface area (Å²) < 4.78 is 35.1. The Morgan fingerprint density at radius 3 is 2.44 bits per heavy atom. The SMILES string of the molecule is CCOC(=O)C1=C(C)N=c2s/c(=C\c3cc(I)c(OC)c(OC)c3)c(=O)n2[C@H]1c1ccc(OCC(=O)OC)c(OCC)c1.